The van der Waals surface area contributed by atoms with Crippen molar-refractivity contribution in [3.05, 3.63) is 23.4 Å². The molecule has 1 aliphatic rings. The summed E-state index contributed by atoms with van der Waals surface area (Å²) in [6.45, 7) is 3.69. The molecule has 0 N–H and O–H groups in total. The summed E-state index contributed by atoms with van der Waals surface area (Å²) in [7, 11) is 1.52. The number of carbonyl (C=O) groups is 1. The quantitative estimate of drug-likeness (QED) is 0.772. The lowest BCUT2D eigenvalue weighted by Crippen LogP contribution is -2.07. The van der Waals surface area contributed by atoms with E-state index in [1.165, 1.54) is 7.11 Å². The number of ether oxygens (including phenoxy) is 1. The number of aryl methyl sites for hydroxylation is 2. The van der Waals surface area contributed by atoms with Gasteiger partial charge >= 0.3 is 6.01 Å². The van der Waals surface area contributed by atoms with Gasteiger partial charge in [0.2, 0.25) is 0 Å². The highest BCUT2D eigenvalue weighted by molar-refractivity contribution is 5.61. The summed E-state index contributed by atoms with van der Waals surface area (Å²) in [5, 5.41) is 4.31. The first-order valence-electron chi connectivity index (χ1n) is 6.41. The van der Waals surface area contributed by atoms with Crippen LogP contribution in [0, 0.1) is 19.8 Å². The van der Waals surface area contributed by atoms with Gasteiger partial charge in [-0.2, -0.15) is 14.6 Å². The Kier molecular flexibility index (Phi) is 2.96. The van der Waals surface area contributed by atoms with Crippen LogP contribution in [0.5, 0.6) is 6.01 Å². The first kappa shape index (κ1) is 12.7. The summed E-state index contributed by atoms with van der Waals surface area (Å²) in [5.41, 5.74) is 0.816. The van der Waals surface area contributed by atoms with Gasteiger partial charge in [-0.05, 0) is 20.3 Å². The van der Waals surface area contributed by atoms with Gasteiger partial charge in [0.15, 0.2) is 5.82 Å². The molecule has 2 aromatic heterocycles. The molecule has 1 aliphatic carbocycles. The van der Waals surface area contributed by atoms with Gasteiger partial charge in [0.1, 0.15) is 17.9 Å². The first-order chi connectivity index (χ1) is 9.62. The van der Waals surface area contributed by atoms with Crippen LogP contribution in [0.1, 0.15) is 29.7 Å². The molecule has 7 heteroatoms. The highest BCUT2D eigenvalue weighted by Crippen LogP contribution is 2.45. The van der Waals surface area contributed by atoms with Crippen molar-refractivity contribution in [3.63, 3.8) is 0 Å². The zero-order valence-corrected chi connectivity index (χ0v) is 11.6. The number of hydrogen-bond acceptors (Lipinski definition) is 6. The summed E-state index contributed by atoms with van der Waals surface area (Å²) in [4.78, 5) is 23.7. The molecular formula is C13H15N5O2. The Labute approximate surface area is 116 Å². The fourth-order valence-electron chi connectivity index (χ4n) is 2.26. The molecule has 0 saturated heterocycles. The predicted molar refractivity (Wildman–Crippen MR) is 69.9 cm³/mol. The summed E-state index contributed by atoms with van der Waals surface area (Å²) >= 11 is 0. The van der Waals surface area contributed by atoms with Crippen LogP contribution >= 0.6 is 0 Å². The molecule has 0 unspecified atom stereocenters. The second-order valence-corrected chi connectivity index (χ2v) is 4.90. The highest BCUT2D eigenvalue weighted by atomic mass is 16.5. The average Bonchev–Trinajstić information content (AvgIpc) is 3.16. The molecule has 7 nitrogen and oxygen atoms in total. The Hall–Kier alpha value is -2.31. The van der Waals surface area contributed by atoms with Crippen molar-refractivity contribution in [2.45, 2.75) is 26.2 Å². The third-order valence-corrected chi connectivity index (χ3v) is 3.38. The minimum atomic E-state index is 0.0565. The monoisotopic (exact) mass is 273 g/mol. The molecular weight excluding hydrogens is 258 g/mol. The van der Waals surface area contributed by atoms with E-state index in [0.29, 0.717) is 11.6 Å². The lowest BCUT2D eigenvalue weighted by molar-refractivity contribution is -0.108. The first-order valence-corrected chi connectivity index (χ1v) is 6.41. The van der Waals surface area contributed by atoms with E-state index in [-0.39, 0.29) is 17.8 Å². The van der Waals surface area contributed by atoms with Gasteiger partial charge in [-0.25, -0.2) is 4.98 Å². The molecule has 0 radical (unpaired) electrons. The molecule has 2 heterocycles. The Morgan fingerprint density at radius 2 is 2.15 bits per heavy atom. The van der Waals surface area contributed by atoms with Crippen LogP contribution in [0.4, 0.5) is 0 Å². The maximum absolute atomic E-state index is 10.8. The molecule has 3 rings (SSSR count). The van der Waals surface area contributed by atoms with Crippen molar-refractivity contribution in [3.8, 4) is 11.8 Å². The molecule has 104 valence electrons. The minimum Gasteiger partial charge on any atom is -0.467 e. The summed E-state index contributed by atoms with van der Waals surface area (Å²) in [5.74, 6) is 2.26. The predicted octanol–water partition coefficient (Wildman–Crippen LogP) is 0.985. The van der Waals surface area contributed by atoms with Crippen molar-refractivity contribution < 1.29 is 9.53 Å². The molecule has 0 bridgehead atoms. The van der Waals surface area contributed by atoms with Gasteiger partial charge in [-0.3, -0.25) is 0 Å². The van der Waals surface area contributed by atoms with Gasteiger partial charge in [-0.1, -0.05) is 0 Å². The van der Waals surface area contributed by atoms with Gasteiger partial charge in [0.05, 0.1) is 12.8 Å². The molecule has 20 heavy (non-hydrogen) atoms. The smallest absolute Gasteiger partial charge is 0.318 e. The van der Waals surface area contributed by atoms with E-state index in [9.17, 15) is 4.79 Å². The maximum Gasteiger partial charge on any atom is 0.318 e. The third kappa shape index (κ3) is 2.15. The van der Waals surface area contributed by atoms with Crippen LogP contribution < -0.4 is 4.74 Å². The molecule has 1 saturated carbocycles. The van der Waals surface area contributed by atoms with Crippen LogP contribution in [-0.2, 0) is 4.79 Å². The topological polar surface area (TPSA) is 82.8 Å². The normalized spacial score (nSPS) is 20.8. The van der Waals surface area contributed by atoms with E-state index in [0.717, 1.165) is 24.2 Å². The van der Waals surface area contributed by atoms with Crippen molar-refractivity contribution >= 4 is 6.29 Å². The van der Waals surface area contributed by atoms with E-state index in [1.807, 2.05) is 19.9 Å². The van der Waals surface area contributed by atoms with Gasteiger partial charge in [-0.15, -0.1) is 5.10 Å². The van der Waals surface area contributed by atoms with Crippen molar-refractivity contribution in [2.24, 2.45) is 5.92 Å². The second-order valence-electron chi connectivity index (χ2n) is 4.90. The molecule has 2 atom stereocenters. The molecule has 1 fully saturated rings. The zero-order valence-electron chi connectivity index (χ0n) is 11.6. The Bertz CT molecular complexity index is 667. The number of rotatable bonds is 4. The second kappa shape index (κ2) is 4.66. The van der Waals surface area contributed by atoms with E-state index in [1.54, 1.807) is 4.68 Å². The summed E-state index contributed by atoms with van der Waals surface area (Å²) in [6.07, 6.45) is 1.81. The van der Waals surface area contributed by atoms with Crippen molar-refractivity contribution in [1.82, 2.24) is 24.7 Å². The fourth-order valence-corrected chi connectivity index (χ4v) is 2.26. The number of methoxy groups -OCH3 is 1. The third-order valence-electron chi connectivity index (χ3n) is 3.38. The molecule has 0 aromatic carbocycles. The molecule has 0 spiro atoms. The Morgan fingerprint density at radius 3 is 2.70 bits per heavy atom. The van der Waals surface area contributed by atoms with E-state index in [4.69, 9.17) is 4.74 Å². The van der Waals surface area contributed by atoms with E-state index < -0.39 is 0 Å². The van der Waals surface area contributed by atoms with E-state index in [2.05, 4.69) is 20.1 Å². The van der Waals surface area contributed by atoms with Gasteiger partial charge in [0.25, 0.3) is 0 Å². The molecule has 2 aromatic rings. The van der Waals surface area contributed by atoms with Gasteiger partial charge < -0.3 is 9.53 Å². The SMILES string of the molecule is COc1nc([C@H]2C[C@@H]2C=O)cc(-n2nc(C)nc2C)n1. The molecule has 0 amide bonds. The average molecular weight is 273 g/mol. The van der Waals surface area contributed by atoms with Gasteiger partial charge in [0, 0.05) is 17.9 Å². The van der Waals surface area contributed by atoms with Crippen LogP contribution in [0.25, 0.3) is 5.82 Å². The van der Waals surface area contributed by atoms with Crippen LogP contribution in [0.15, 0.2) is 6.07 Å². The summed E-state index contributed by atoms with van der Waals surface area (Å²) < 4.78 is 6.79. The van der Waals surface area contributed by atoms with E-state index >= 15 is 0 Å². The number of nitrogens with zero attached hydrogens (tertiary/aromatic N) is 5. The Balaban J connectivity index is 2.04. The molecule has 0 aliphatic heterocycles. The van der Waals surface area contributed by atoms with Crippen LogP contribution in [0.2, 0.25) is 0 Å². The largest absolute Gasteiger partial charge is 0.467 e. The number of aromatic nitrogens is 5. The zero-order chi connectivity index (χ0) is 14.3. The lowest BCUT2D eigenvalue weighted by Gasteiger charge is -2.07. The fraction of sp³-hybridized carbons (Fsp3) is 0.462. The maximum atomic E-state index is 10.8. The van der Waals surface area contributed by atoms with Crippen molar-refractivity contribution in [2.75, 3.05) is 7.11 Å². The number of hydrogen-bond donors (Lipinski definition) is 0. The van der Waals surface area contributed by atoms with Crippen LogP contribution in [-0.4, -0.2) is 38.1 Å². The standard InChI is InChI=1S/C13H15N5O2/c1-7-14-8(2)18(17-7)12-5-11(10-4-9(10)6-19)15-13(16-12)20-3/h5-6,9-10H,4H2,1-3H3/t9-,10+/m1/s1. The Morgan fingerprint density at radius 1 is 1.35 bits per heavy atom. The van der Waals surface area contributed by atoms with Crippen molar-refractivity contribution in [1.29, 1.82) is 0 Å². The van der Waals surface area contributed by atoms with Crippen LogP contribution in [0.3, 0.4) is 0 Å². The summed E-state index contributed by atoms with van der Waals surface area (Å²) in [6, 6.07) is 2.12. The number of carbonyl (C=O) groups excluding carboxylic acids is 1. The number of aldehydes is 1. The lowest BCUT2D eigenvalue weighted by atomic mass is 10.2. The highest BCUT2D eigenvalue weighted by Gasteiger charge is 2.40. The minimum absolute atomic E-state index is 0.0565.